The predicted molar refractivity (Wildman–Crippen MR) is 100 cm³/mol. The summed E-state index contributed by atoms with van der Waals surface area (Å²) in [5.74, 6) is 0.784. The van der Waals surface area contributed by atoms with E-state index in [2.05, 4.69) is 31.0 Å². The highest BCUT2D eigenvalue weighted by molar-refractivity contribution is 14.0. The standard InChI is InChI=1S/C16H27N3O.HI/c1-4-19(5-2)16(17)18-12-15(11-13(3)20)14-9-7-6-8-10-14;/h6-10,13,15,20H,4-5,11-12H2,1-3H3,(H2,17,18);1H. The molecule has 0 aromatic heterocycles. The third-order valence-corrected chi connectivity index (χ3v) is 3.46. The number of rotatable bonds is 7. The number of aliphatic hydroxyl groups excluding tert-OH is 1. The maximum Gasteiger partial charge on any atom is 0.191 e. The monoisotopic (exact) mass is 405 g/mol. The molecule has 0 aliphatic heterocycles. The van der Waals surface area contributed by atoms with E-state index in [-0.39, 0.29) is 36.0 Å². The van der Waals surface area contributed by atoms with Crippen molar-refractivity contribution in [3.05, 3.63) is 35.9 Å². The molecule has 21 heavy (non-hydrogen) atoms. The quantitative estimate of drug-likeness (QED) is 0.417. The first kappa shape index (κ1) is 20.2. The molecule has 2 unspecified atom stereocenters. The number of nitrogens with two attached hydrogens (primary N) is 1. The second-order valence-electron chi connectivity index (χ2n) is 5.06. The van der Waals surface area contributed by atoms with E-state index in [9.17, 15) is 5.11 Å². The molecule has 1 aromatic carbocycles. The number of aliphatic imine (C=N–C) groups is 1. The first-order valence-electron chi connectivity index (χ1n) is 7.36. The van der Waals surface area contributed by atoms with Gasteiger partial charge in [0.15, 0.2) is 5.96 Å². The highest BCUT2D eigenvalue weighted by Gasteiger charge is 2.14. The lowest BCUT2D eigenvalue weighted by atomic mass is 9.93. The van der Waals surface area contributed by atoms with Crippen LogP contribution in [0.5, 0.6) is 0 Å². The molecule has 3 N–H and O–H groups in total. The van der Waals surface area contributed by atoms with Gasteiger partial charge in [-0.15, -0.1) is 24.0 Å². The van der Waals surface area contributed by atoms with Crippen molar-refractivity contribution in [2.75, 3.05) is 19.6 Å². The number of aliphatic hydroxyl groups is 1. The minimum Gasteiger partial charge on any atom is -0.393 e. The number of guanidine groups is 1. The summed E-state index contributed by atoms with van der Waals surface area (Å²) in [6.45, 7) is 8.27. The van der Waals surface area contributed by atoms with E-state index in [0.29, 0.717) is 18.9 Å². The topological polar surface area (TPSA) is 61.8 Å². The van der Waals surface area contributed by atoms with E-state index < -0.39 is 0 Å². The van der Waals surface area contributed by atoms with Gasteiger partial charge >= 0.3 is 0 Å². The van der Waals surface area contributed by atoms with Crippen molar-refractivity contribution in [2.45, 2.75) is 39.2 Å². The Morgan fingerprint density at radius 3 is 2.29 bits per heavy atom. The van der Waals surface area contributed by atoms with Gasteiger partial charge in [0, 0.05) is 25.6 Å². The molecule has 5 heteroatoms. The van der Waals surface area contributed by atoms with Gasteiger partial charge < -0.3 is 15.7 Å². The van der Waals surface area contributed by atoms with Crippen LogP contribution in [0.25, 0.3) is 0 Å². The average Bonchev–Trinajstić information content (AvgIpc) is 2.45. The van der Waals surface area contributed by atoms with Crippen LogP contribution in [0.3, 0.4) is 0 Å². The minimum absolute atomic E-state index is 0. The Morgan fingerprint density at radius 1 is 1.24 bits per heavy atom. The van der Waals surface area contributed by atoms with Gasteiger partial charge in [-0.05, 0) is 32.8 Å². The highest BCUT2D eigenvalue weighted by Crippen LogP contribution is 2.21. The third-order valence-electron chi connectivity index (χ3n) is 3.46. The van der Waals surface area contributed by atoms with Crippen LogP contribution in [0, 0.1) is 0 Å². The lowest BCUT2D eigenvalue weighted by Crippen LogP contribution is -2.37. The predicted octanol–water partition coefficient (Wildman–Crippen LogP) is 2.82. The lowest BCUT2D eigenvalue weighted by molar-refractivity contribution is 0.175. The number of hydrogen-bond donors (Lipinski definition) is 2. The van der Waals surface area contributed by atoms with Crippen LogP contribution in [-0.2, 0) is 0 Å². The maximum absolute atomic E-state index is 9.66. The van der Waals surface area contributed by atoms with E-state index in [1.165, 1.54) is 5.56 Å². The summed E-state index contributed by atoms with van der Waals surface area (Å²) in [7, 11) is 0. The van der Waals surface area contributed by atoms with Crippen molar-refractivity contribution in [2.24, 2.45) is 10.7 Å². The fourth-order valence-electron chi connectivity index (χ4n) is 2.30. The van der Waals surface area contributed by atoms with E-state index in [4.69, 9.17) is 5.73 Å². The van der Waals surface area contributed by atoms with Crippen LogP contribution in [0.1, 0.15) is 38.7 Å². The van der Waals surface area contributed by atoms with E-state index >= 15 is 0 Å². The van der Waals surface area contributed by atoms with Gasteiger partial charge in [0.2, 0.25) is 0 Å². The van der Waals surface area contributed by atoms with Crippen molar-refractivity contribution < 1.29 is 5.11 Å². The van der Waals surface area contributed by atoms with Gasteiger partial charge in [-0.25, -0.2) is 0 Å². The van der Waals surface area contributed by atoms with Crippen molar-refractivity contribution in [1.82, 2.24) is 4.90 Å². The Kier molecular flexibility index (Phi) is 10.4. The summed E-state index contributed by atoms with van der Waals surface area (Å²) in [6.07, 6.45) is 0.351. The van der Waals surface area contributed by atoms with Gasteiger partial charge in [-0.3, -0.25) is 4.99 Å². The molecule has 0 aliphatic carbocycles. The number of hydrogen-bond acceptors (Lipinski definition) is 2. The van der Waals surface area contributed by atoms with Crippen molar-refractivity contribution in [3.63, 3.8) is 0 Å². The summed E-state index contributed by atoms with van der Waals surface area (Å²) < 4.78 is 0. The van der Waals surface area contributed by atoms with Crippen LogP contribution in [0.15, 0.2) is 35.3 Å². The molecular weight excluding hydrogens is 377 g/mol. The zero-order valence-electron chi connectivity index (χ0n) is 13.2. The molecule has 1 rings (SSSR count). The molecule has 0 saturated carbocycles. The summed E-state index contributed by atoms with van der Waals surface area (Å²) in [6, 6.07) is 10.2. The van der Waals surface area contributed by atoms with Gasteiger partial charge in [0.05, 0.1) is 6.10 Å². The molecule has 0 heterocycles. The van der Waals surface area contributed by atoms with Crippen molar-refractivity contribution in [3.8, 4) is 0 Å². The average molecular weight is 405 g/mol. The van der Waals surface area contributed by atoms with E-state index in [1.807, 2.05) is 30.0 Å². The normalized spacial score (nSPS) is 14.2. The third kappa shape index (κ3) is 7.13. The summed E-state index contributed by atoms with van der Waals surface area (Å²) in [5.41, 5.74) is 7.21. The molecule has 1 aromatic rings. The van der Waals surface area contributed by atoms with E-state index in [0.717, 1.165) is 13.1 Å². The summed E-state index contributed by atoms with van der Waals surface area (Å²) >= 11 is 0. The molecular formula is C16H28IN3O. The zero-order valence-corrected chi connectivity index (χ0v) is 15.5. The first-order valence-corrected chi connectivity index (χ1v) is 7.36. The Hall–Kier alpha value is -0.820. The molecule has 2 atom stereocenters. The number of halogens is 1. The van der Waals surface area contributed by atoms with Gasteiger partial charge in [0.25, 0.3) is 0 Å². The Balaban J connectivity index is 0.00000400. The molecule has 0 spiro atoms. The van der Waals surface area contributed by atoms with Crippen LogP contribution in [0.4, 0.5) is 0 Å². The van der Waals surface area contributed by atoms with Gasteiger partial charge in [-0.2, -0.15) is 0 Å². The Morgan fingerprint density at radius 2 is 1.81 bits per heavy atom. The summed E-state index contributed by atoms with van der Waals surface area (Å²) in [5, 5.41) is 9.66. The fraction of sp³-hybridized carbons (Fsp3) is 0.562. The van der Waals surface area contributed by atoms with Gasteiger partial charge in [-0.1, -0.05) is 30.3 Å². The van der Waals surface area contributed by atoms with Crippen LogP contribution in [-0.4, -0.2) is 41.7 Å². The fourth-order valence-corrected chi connectivity index (χ4v) is 2.30. The SMILES string of the molecule is CCN(CC)C(N)=NCC(CC(C)O)c1ccccc1.I. The van der Waals surface area contributed by atoms with Crippen molar-refractivity contribution in [1.29, 1.82) is 0 Å². The van der Waals surface area contributed by atoms with Crippen LogP contribution < -0.4 is 5.73 Å². The number of benzene rings is 1. The molecule has 0 bridgehead atoms. The molecule has 0 aliphatic rings. The minimum atomic E-state index is -0.343. The van der Waals surface area contributed by atoms with Crippen molar-refractivity contribution >= 4 is 29.9 Å². The summed E-state index contributed by atoms with van der Waals surface area (Å²) in [4.78, 5) is 6.54. The smallest absolute Gasteiger partial charge is 0.191 e. The number of nitrogens with zero attached hydrogens (tertiary/aromatic N) is 2. The second kappa shape index (κ2) is 10.8. The van der Waals surface area contributed by atoms with Gasteiger partial charge in [0.1, 0.15) is 0 Å². The highest BCUT2D eigenvalue weighted by atomic mass is 127. The van der Waals surface area contributed by atoms with E-state index in [1.54, 1.807) is 0 Å². The first-order chi connectivity index (χ1) is 9.58. The Labute approximate surface area is 145 Å². The Bertz CT molecular complexity index is 405. The molecule has 120 valence electrons. The molecule has 4 nitrogen and oxygen atoms in total. The molecule has 0 saturated heterocycles. The molecule has 0 fully saturated rings. The maximum atomic E-state index is 9.66. The molecule has 0 radical (unpaired) electrons. The van der Waals surface area contributed by atoms with Crippen LogP contribution in [0.2, 0.25) is 0 Å². The van der Waals surface area contributed by atoms with Crippen LogP contribution >= 0.6 is 24.0 Å². The molecule has 0 amide bonds. The lowest BCUT2D eigenvalue weighted by Gasteiger charge is -2.21. The zero-order chi connectivity index (χ0) is 15.0. The largest absolute Gasteiger partial charge is 0.393 e. The second-order valence-corrected chi connectivity index (χ2v) is 5.06.